The minimum atomic E-state index is -0.891. The van der Waals surface area contributed by atoms with Crippen LogP contribution in [0.1, 0.15) is 152 Å². The Labute approximate surface area is 331 Å². The fourth-order valence-electron chi connectivity index (χ4n) is 7.52. The third kappa shape index (κ3) is 15.5. The van der Waals surface area contributed by atoms with Crippen LogP contribution in [0.25, 0.3) is 11.1 Å². The monoisotopic (exact) mass is 757 g/mol. The van der Waals surface area contributed by atoms with Gasteiger partial charge in [0.15, 0.2) is 6.29 Å². The van der Waals surface area contributed by atoms with Crippen molar-refractivity contribution in [3.05, 3.63) is 95.1 Å². The minimum Gasteiger partial charge on any atom is -0.481 e. The zero-order valence-electron chi connectivity index (χ0n) is 33.9. The lowest BCUT2D eigenvalue weighted by Gasteiger charge is -2.43. The Balaban J connectivity index is 1.52. The zero-order chi connectivity index (χ0) is 39.3. The number of ether oxygens (including phenoxy) is 2. The van der Waals surface area contributed by atoms with Gasteiger partial charge in [0.05, 0.1) is 18.8 Å². The Morgan fingerprint density at radius 3 is 1.95 bits per heavy atom. The fourth-order valence-corrected chi connectivity index (χ4v) is 7.52. The molecule has 1 amide bonds. The maximum absolute atomic E-state index is 12.3. The number of hydrogen-bond donors (Lipinski definition) is 3. The second-order valence-corrected chi connectivity index (χ2v) is 15.5. The molecule has 8 nitrogen and oxygen atoms in total. The summed E-state index contributed by atoms with van der Waals surface area (Å²) in [5.41, 5.74) is 5.97. The normalized spacial score (nSPS) is 18.4. The van der Waals surface area contributed by atoms with Gasteiger partial charge in [-0.25, -0.2) is 0 Å². The molecule has 3 aromatic rings. The number of benzene rings is 3. The lowest BCUT2D eigenvalue weighted by molar-refractivity contribution is -0.276. The van der Waals surface area contributed by atoms with Gasteiger partial charge < -0.3 is 29.9 Å². The molecule has 0 bridgehead atoms. The number of nitrogens with one attached hydrogen (secondary N) is 1. The highest BCUT2D eigenvalue weighted by Crippen LogP contribution is 2.42. The Morgan fingerprint density at radius 2 is 1.31 bits per heavy atom. The first kappa shape index (κ1) is 44.2. The highest BCUT2D eigenvalue weighted by Gasteiger charge is 2.39. The smallest absolute Gasteiger partial charge is 0.303 e. The number of unbranched alkanes of at least 4 members (excludes halogenated alkanes) is 10. The lowest BCUT2D eigenvalue weighted by Crippen LogP contribution is -2.45. The molecular formula is C47H68N2O6. The van der Waals surface area contributed by atoms with Crippen LogP contribution in [0.2, 0.25) is 0 Å². The molecule has 1 aliphatic heterocycles. The number of carboxylic acids is 1. The quantitative estimate of drug-likeness (QED) is 0.0700. The average molecular weight is 757 g/mol. The van der Waals surface area contributed by atoms with Crippen molar-refractivity contribution in [3.8, 4) is 11.1 Å². The van der Waals surface area contributed by atoms with Gasteiger partial charge in [-0.3, -0.25) is 9.59 Å². The standard InChI is InChI=1S/C47H68N2O6/c1-4-6-8-10-12-14-29-49(30-15-13-11-9-7-5-2)34-43-36(3)46(39-27-25-37(35-50)26-28-39)55-47(54-43)42-22-17-21-41(32-42)40-20-16-19-38(31-40)33-48-44(51)23-18-24-45(52)53/h16-17,19-22,25-28,31-32,36,43,46-47,50H,4-15,18,23-24,29-30,33-35H2,1-3H3,(H,48,51)(H,52,53)/t36-,43+,46+,47+/m0/s1. The Morgan fingerprint density at radius 1 is 0.691 bits per heavy atom. The highest BCUT2D eigenvalue weighted by molar-refractivity contribution is 5.76. The van der Waals surface area contributed by atoms with Gasteiger partial charge >= 0.3 is 5.97 Å². The summed E-state index contributed by atoms with van der Waals surface area (Å²) >= 11 is 0. The topological polar surface area (TPSA) is 108 Å². The predicted molar refractivity (Wildman–Crippen MR) is 221 cm³/mol. The molecule has 0 unspecified atom stereocenters. The predicted octanol–water partition coefficient (Wildman–Crippen LogP) is 10.5. The van der Waals surface area contributed by atoms with Gasteiger partial charge in [-0.15, -0.1) is 0 Å². The van der Waals surface area contributed by atoms with E-state index < -0.39 is 12.3 Å². The molecule has 4 rings (SSSR count). The number of carbonyl (C=O) groups excluding carboxylic acids is 1. The van der Waals surface area contributed by atoms with Gasteiger partial charge in [0, 0.05) is 37.4 Å². The van der Waals surface area contributed by atoms with Crippen LogP contribution in [0.3, 0.4) is 0 Å². The van der Waals surface area contributed by atoms with E-state index in [9.17, 15) is 14.7 Å². The van der Waals surface area contributed by atoms with E-state index in [0.717, 1.165) is 53.0 Å². The van der Waals surface area contributed by atoms with E-state index in [0.29, 0.717) is 13.0 Å². The van der Waals surface area contributed by atoms with Gasteiger partial charge in [0.1, 0.15) is 0 Å². The number of carboxylic acid groups (broad SMARTS) is 1. The second-order valence-electron chi connectivity index (χ2n) is 15.5. The zero-order valence-corrected chi connectivity index (χ0v) is 33.9. The third-order valence-corrected chi connectivity index (χ3v) is 10.9. The molecular weight excluding hydrogens is 689 g/mol. The Bertz CT molecular complexity index is 1530. The van der Waals surface area contributed by atoms with Crippen LogP contribution in [0.4, 0.5) is 0 Å². The van der Waals surface area contributed by atoms with Crippen LogP contribution < -0.4 is 5.32 Å². The molecule has 1 fully saturated rings. The van der Waals surface area contributed by atoms with Crippen molar-refractivity contribution in [3.63, 3.8) is 0 Å². The van der Waals surface area contributed by atoms with E-state index in [4.69, 9.17) is 14.6 Å². The van der Waals surface area contributed by atoms with E-state index in [1.165, 1.54) is 77.0 Å². The number of rotatable bonds is 26. The first-order valence-electron chi connectivity index (χ1n) is 21.2. The van der Waals surface area contributed by atoms with E-state index in [1.807, 2.05) is 24.3 Å². The van der Waals surface area contributed by atoms with Crippen molar-refractivity contribution < 1.29 is 29.3 Å². The second kappa shape index (κ2) is 24.8. The van der Waals surface area contributed by atoms with Gasteiger partial charge in [-0.2, -0.15) is 0 Å². The molecule has 1 saturated heterocycles. The molecule has 0 spiro atoms. The summed E-state index contributed by atoms with van der Waals surface area (Å²) in [5, 5.41) is 21.5. The summed E-state index contributed by atoms with van der Waals surface area (Å²) in [6.07, 6.45) is 15.1. The number of aliphatic hydroxyl groups is 1. The van der Waals surface area contributed by atoms with Crippen LogP contribution in [-0.4, -0.2) is 52.7 Å². The molecule has 3 aromatic carbocycles. The molecule has 0 aliphatic carbocycles. The van der Waals surface area contributed by atoms with E-state index >= 15 is 0 Å². The summed E-state index contributed by atoms with van der Waals surface area (Å²) in [7, 11) is 0. The molecule has 1 heterocycles. The molecule has 8 heteroatoms. The van der Waals surface area contributed by atoms with Crippen LogP contribution in [0, 0.1) is 5.92 Å². The summed E-state index contributed by atoms with van der Waals surface area (Å²) in [6.45, 7) is 10.2. The number of aliphatic hydroxyl groups excluding tert-OH is 1. The van der Waals surface area contributed by atoms with Gasteiger partial charge in [0.25, 0.3) is 0 Å². The number of carbonyl (C=O) groups is 2. The maximum atomic E-state index is 12.3. The largest absolute Gasteiger partial charge is 0.481 e. The third-order valence-electron chi connectivity index (χ3n) is 10.9. The lowest BCUT2D eigenvalue weighted by atomic mass is 9.89. The average Bonchev–Trinajstić information content (AvgIpc) is 3.20. The number of hydrogen-bond acceptors (Lipinski definition) is 6. The SMILES string of the molecule is CCCCCCCCN(CCCCCCCC)C[C@H]1O[C@@H](c2cccc(-c3cccc(CNC(=O)CCCC(=O)O)c3)c2)O[C@@H](c2ccc(CO)cc2)[C@H]1C. The summed E-state index contributed by atoms with van der Waals surface area (Å²) in [4.78, 5) is 25.8. The van der Waals surface area contributed by atoms with Gasteiger partial charge in [-0.1, -0.05) is 146 Å². The van der Waals surface area contributed by atoms with E-state index in [1.54, 1.807) is 0 Å². The van der Waals surface area contributed by atoms with Crippen molar-refractivity contribution in [2.45, 2.75) is 149 Å². The van der Waals surface area contributed by atoms with Crippen LogP contribution in [0.15, 0.2) is 72.8 Å². The summed E-state index contributed by atoms with van der Waals surface area (Å²) < 4.78 is 13.8. The van der Waals surface area contributed by atoms with E-state index in [-0.39, 0.29) is 43.5 Å². The molecule has 0 saturated carbocycles. The molecule has 0 aromatic heterocycles. The van der Waals surface area contributed by atoms with E-state index in [2.05, 4.69) is 79.5 Å². The molecule has 0 radical (unpaired) electrons. The van der Waals surface area contributed by atoms with Crippen LogP contribution in [-0.2, 0) is 32.2 Å². The number of amides is 1. The van der Waals surface area contributed by atoms with Crippen molar-refractivity contribution in [1.82, 2.24) is 10.2 Å². The minimum absolute atomic E-state index is 0.00865. The van der Waals surface area contributed by atoms with Crippen molar-refractivity contribution >= 4 is 11.9 Å². The summed E-state index contributed by atoms with van der Waals surface area (Å²) in [5.74, 6) is -0.924. The summed E-state index contributed by atoms with van der Waals surface area (Å²) in [6, 6.07) is 24.6. The fraction of sp³-hybridized carbons (Fsp3) is 0.574. The number of nitrogens with zero attached hydrogens (tertiary/aromatic N) is 1. The molecule has 55 heavy (non-hydrogen) atoms. The molecule has 3 N–H and O–H groups in total. The van der Waals surface area contributed by atoms with Crippen molar-refractivity contribution in [2.24, 2.45) is 5.92 Å². The van der Waals surface area contributed by atoms with Gasteiger partial charge in [-0.05, 0) is 72.3 Å². The Hall–Kier alpha value is -3.56. The molecule has 302 valence electrons. The van der Waals surface area contributed by atoms with Gasteiger partial charge in [0.2, 0.25) is 5.91 Å². The first-order valence-corrected chi connectivity index (χ1v) is 21.2. The highest BCUT2D eigenvalue weighted by atomic mass is 16.7. The number of aliphatic carboxylic acids is 1. The van der Waals surface area contributed by atoms with Crippen LogP contribution >= 0.6 is 0 Å². The van der Waals surface area contributed by atoms with Crippen molar-refractivity contribution in [1.29, 1.82) is 0 Å². The maximum Gasteiger partial charge on any atom is 0.303 e. The molecule has 1 aliphatic rings. The Kier molecular flexibility index (Phi) is 20.0. The van der Waals surface area contributed by atoms with Crippen molar-refractivity contribution in [2.75, 3.05) is 19.6 Å². The van der Waals surface area contributed by atoms with Crippen LogP contribution in [0.5, 0.6) is 0 Å². The molecule has 4 atom stereocenters. The first-order chi connectivity index (χ1) is 26.8.